The first-order valence-corrected chi connectivity index (χ1v) is 15.6. The first kappa shape index (κ1) is 32.5. The first-order chi connectivity index (χ1) is 21.1. The second-order valence-corrected chi connectivity index (χ2v) is 12.8. The normalized spacial score (nSPS) is 15.3. The van der Waals surface area contributed by atoms with Crippen molar-refractivity contribution in [3.8, 4) is 22.4 Å². The average molecular weight is 612 g/mol. The van der Waals surface area contributed by atoms with Gasteiger partial charge in [-0.05, 0) is 71.6 Å². The maximum absolute atomic E-state index is 13.9. The van der Waals surface area contributed by atoms with Crippen LogP contribution in [0.1, 0.15) is 61.9 Å². The van der Waals surface area contributed by atoms with Crippen LogP contribution in [0, 0.1) is 31.1 Å². The summed E-state index contributed by atoms with van der Waals surface area (Å²) in [5.74, 6) is 7.19. The molecule has 44 heavy (non-hydrogen) atoms. The minimum atomic E-state index is -0.385. The van der Waals surface area contributed by atoms with E-state index in [2.05, 4.69) is 68.5 Å². The molecule has 9 heteroatoms. The Labute approximate surface area is 263 Å². The van der Waals surface area contributed by atoms with Gasteiger partial charge in [-0.3, -0.25) is 9.36 Å². The fourth-order valence-electron chi connectivity index (χ4n) is 4.85. The van der Waals surface area contributed by atoms with Crippen molar-refractivity contribution in [3.63, 3.8) is 0 Å². The highest BCUT2D eigenvalue weighted by Crippen LogP contribution is 2.35. The van der Waals surface area contributed by atoms with Crippen LogP contribution in [0.4, 0.5) is 10.5 Å². The predicted octanol–water partition coefficient (Wildman–Crippen LogP) is 7.08. The lowest BCUT2D eigenvalue weighted by molar-refractivity contribution is 0.146. The molecule has 1 aliphatic rings. The number of hydrogen-bond acceptors (Lipinski definition) is 7. The molecule has 3 heterocycles. The van der Waals surface area contributed by atoms with Crippen LogP contribution in [0.2, 0.25) is 0 Å². The molecule has 0 bridgehead atoms. The zero-order chi connectivity index (χ0) is 31.9. The molecule has 1 saturated heterocycles. The van der Waals surface area contributed by atoms with Gasteiger partial charge in [-0.2, -0.15) is 0 Å². The Morgan fingerprint density at radius 3 is 2.61 bits per heavy atom. The number of cyclic esters (lactones) is 1. The third kappa shape index (κ3) is 8.35. The van der Waals surface area contributed by atoms with Crippen LogP contribution in [0.25, 0.3) is 21.5 Å². The average Bonchev–Trinajstić information content (AvgIpc) is 3.49. The van der Waals surface area contributed by atoms with Gasteiger partial charge in [-0.15, -0.1) is 24.5 Å². The molecule has 1 amide bonds. The summed E-state index contributed by atoms with van der Waals surface area (Å²) in [5.41, 5.74) is 4.34. The van der Waals surface area contributed by atoms with E-state index in [0.29, 0.717) is 36.4 Å². The number of ether oxygens (including phenoxy) is 1. The fraction of sp³-hybridized carbons (Fsp3) is 0.371. The number of carbonyl (C=O) groups is 1. The molecule has 230 valence electrons. The van der Waals surface area contributed by atoms with Gasteiger partial charge >= 0.3 is 6.09 Å². The number of anilines is 1. The topological polar surface area (TPSA) is 98.1 Å². The Balaban J connectivity index is 0.00000216. The van der Waals surface area contributed by atoms with E-state index < -0.39 is 0 Å². The molecule has 2 aromatic heterocycles. The number of nitrogens with one attached hydrogen (secondary N) is 2. The molecule has 0 aliphatic carbocycles. The lowest BCUT2D eigenvalue weighted by Crippen LogP contribution is -2.29. The van der Waals surface area contributed by atoms with E-state index in [1.807, 2.05) is 38.1 Å². The van der Waals surface area contributed by atoms with Gasteiger partial charge in [0.25, 0.3) is 5.56 Å². The molecule has 1 unspecified atom stereocenters. The summed E-state index contributed by atoms with van der Waals surface area (Å²) in [6.45, 7) is 17.5. The third-order valence-corrected chi connectivity index (χ3v) is 8.04. The van der Waals surface area contributed by atoms with Crippen molar-refractivity contribution in [1.82, 2.24) is 19.9 Å². The van der Waals surface area contributed by atoms with Crippen LogP contribution in [-0.4, -0.2) is 39.8 Å². The second-order valence-electron chi connectivity index (χ2n) is 11.8. The number of thiazole rings is 1. The summed E-state index contributed by atoms with van der Waals surface area (Å²) in [6.07, 6.45) is 3.69. The van der Waals surface area contributed by atoms with E-state index in [1.165, 1.54) is 16.9 Å². The van der Waals surface area contributed by atoms with Crippen molar-refractivity contribution >= 4 is 34.0 Å². The maximum atomic E-state index is 13.9. The molecule has 8 nitrogen and oxygen atoms in total. The Kier molecular flexibility index (Phi) is 10.6. The fourth-order valence-corrected chi connectivity index (χ4v) is 5.65. The molecule has 0 saturated carbocycles. The van der Waals surface area contributed by atoms with Gasteiger partial charge in [0.1, 0.15) is 10.8 Å². The van der Waals surface area contributed by atoms with Crippen molar-refractivity contribution in [3.05, 3.63) is 87.9 Å². The molecule has 5 rings (SSSR count). The largest absolute Gasteiger partial charge is 0.450 e. The van der Waals surface area contributed by atoms with Crippen molar-refractivity contribution in [2.75, 3.05) is 18.5 Å². The van der Waals surface area contributed by atoms with Crippen molar-refractivity contribution in [1.29, 1.82) is 0 Å². The van der Waals surface area contributed by atoms with Crippen LogP contribution >= 0.6 is 11.3 Å². The number of benzene rings is 2. The summed E-state index contributed by atoms with van der Waals surface area (Å²) >= 11 is 1.52. The van der Waals surface area contributed by atoms with Gasteiger partial charge in [-0.1, -0.05) is 41.7 Å². The van der Waals surface area contributed by atoms with E-state index in [9.17, 15) is 9.59 Å². The number of nitrogens with zero attached hydrogens (tertiary/aromatic N) is 3. The molecule has 2 N–H and O–H groups in total. The Hall–Kier alpha value is -4.42. The van der Waals surface area contributed by atoms with Gasteiger partial charge in [0.05, 0.1) is 35.1 Å². The predicted molar refractivity (Wildman–Crippen MR) is 180 cm³/mol. The summed E-state index contributed by atoms with van der Waals surface area (Å²) in [5, 5.41) is 7.84. The van der Waals surface area contributed by atoms with Crippen LogP contribution in [-0.2, 0) is 11.3 Å². The number of aromatic nitrogens is 3. The van der Waals surface area contributed by atoms with E-state index in [0.717, 1.165) is 46.0 Å². The summed E-state index contributed by atoms with van der Waals surface area (Å²) in [7, 11) is 0. The third-order valence-electron chi connectivity index (χ3n) is 7.09. The number of fused-ring (bicyclic) bond motifs is 1. The van der Waals surface area contributed by atoms with E-state index in [1.54, 1.807) is 10.8 Å². The van der Waals surface area contributed by atoms with Crippen molar-refractivity contribution < 1.29 is 9.53 Å². The summed E-state index contributed by atoms with van der Waals surface area (Å²) in [4.78, 5) is 36.1. The highest BCUT2D eigenvalue weighted by Gasteiger charge is 2.20. The SMILES string of the molecule is C=C.Cc1ccc(Cn2c(C)nc3cc(-c4ncc(C#CC(C)(C)C)s4)c(NC4CCCOC(=O)NCC4)cc3c2=O)cc1. The lowest BCUT2D eigenvalue weighted by atomic mass is 9.98. The first-order valence-electron chi connectivity index (χ1n) is 14.8. The number of aryl methyl sites for hydroxylation is 2. The lowest BCUT2D eigenvalue weighted by Gasteiger charge is -2.21. The van der Waals surface area contributed by atoms with Crippen molar-refractivity contribution in [2.24, 2.45) is 5.41 Å². The maximum Gasteiger partial charge on any atom is 0.407 e. The Morgan fingerprint density at radius 1 is 1.14 bits per heavy atom. The molecule has 2 aromatic carbocycles. The van der Waals surface area contributed by atoms with Gasteiger partial charge in [-0.25, -0.2) is 14.8 Å². The minimum Gasteiger partial charge on any atom is -0.450 e. The van der Waals surface area contributed by atoms with Crippen LogP contribution in [0.3, 0.4) is 0 Å². The molecular formula is C35H41N5O3S. The molecule has 0 spiro atoms. The summed E-state index contributed by atoms with van der Waals surface area (Å²) in [6, 6.07) is 12.1. The quantitative estimate of drug-likeness (QED) is 0.185. The molecular weight excluding hydrogens is 570 g/mol. The van der Waals surface area contributed by atoms with Crippen LogP contribution < -0.4 is 16.2 Å². The second kappa shape index (κ2) is 14.4. The van der Waals surface area contributed by atoms with E-state index in [4.69, 9.17) is 14.7 Å². The smallest absolute Gasteiger partial charge is 0.407 e. The summed E-state index contributed by atoms with van der Waals surface area (Å²) < 4.78 is 6.93. The number of carbonyl (C=O) groups excluding carboxylic acids is 1. The van der Waals surface area contributed by atoms with E-state index in [-0.39, 0.29) is 23.1 Å². The highest BCUT2D eigenvalue weighted by atomic mass is 32.1. The number of amides is 1. The van der Waals surface area contributed by atoms with Gasteiger partial charge < -0.3 is 15.4 Å². The standard InChI is InChI=1S/C33H37N5O3S.C2H4/c1-21-8-10-23(11-9-21)20-38-22(2)36-29-17-26(30-35-19-25(42-30)12-14-33(3,4)5)28(18-27(29)31(38)39)37-24-7-6-16-41-32(40)34-15-13-24;1-2/h8-11,17-19,24,37H,6-7,13,15-16,20H2,1-5H3,(H,34,40);1-2H2. The number of hydrogen-bond donors (Lipinski definition) is 2. The van der Waals surface area contributed by atoms with E-state index >= 15 is 0 Å². The highest BCUT2D eigenvalue weighted by molar-refractivity contribution is 7.15. The minimum absolute atomic E-state index is 0.0662. The van der Waals surface area contributed by atoms with Crippen LogP contribution in [0.15, 0.2) is 60.5 Å². The van der Waals surface area contributed by atoms with Gasteiger partial charge in [0.15, 0.2) is 0 Å². The Bertz CT molecular complexity index is 1740. The molecule has 1 fully saturated rings. The van der Waals surface area contributed by atoms with Gasteiger partial charge in [0.2, 0.25) is 0 Å². The zero-order valence-electron chi connectivity index (χ0n) is 26.3. The molecule has 4 aromatic rings. The van der Waals surface area contributed by atoms with Crippen LogP contribution in [0.5, 0.6) is 0 Å². The number of rotatable bonds is 5. The van der Waals surface area contributed by atoms with Crippen molar-refractivity contribution in [2.45, 2.75) is 66.5 Å². The number of alkyl carbamates (subject to hydrolysis) is 1. The Morgan fingerprint density at radius 2 is 1.89 bits per heavy atom. The zero-order valence-corrected chi connectivity index (χ0v) is 27.1. The van der Waals surface area contributed by atoms with Gasteiger partial charge in [0, 0.05) is 29.3 Å². The molecule has 1 aliphatic heterocycles. The molecule has 0 radical (unpaired) electrons. The molecule has 1 atom stereocenters. The monoisotopic (exact) mass is 611 g/mol.